The van der Waals surface area contributed by atoms with Crippen molar-refractivity contribution in [2.24, 2.45) is 5.92 Å². The summed E-state index contributed by atoms with van der Waals surface area (Å²) in [5.41, 5.74) is 1.24. The van der Waals surface area contributed by atoms with Gasteiger partial charge in [0.15, 0.2) is 0 Å². The molecule has 184 valence electrons. The second-order valence-electron chi connectivity index (χ2n) is 9.13. The Morgan fingerprint density at radius 1 is 1.11 bits per heavy atom. The van der Waals surface area contributed by atoms with Gasteiger partial charge < -0.3 is 14.8 Å². The summed E-state index contributed by atoms with van der Waals surface area (Å²) in [6, 6.07) is 12.4. The van der Waals surface area contributed by atoms with Crippen molar-refractivity contribution >= 4 is 17.5 Å². The molecule has 1 aliphatic rings. The van der Waals surface area contributed by atoms with E-state index in [0.29, 0.717) is 17.8 Å². The number of rotatable bonds is 7. The Balaban J connectivity index is 1.38. The maximum atomic E-state index is 13.0. The summed E-state index contributed by atoms with van der Waals surface area (Å²) in [6.07, 6.45) is -0.736. The molecule has 2 heterocycles. The molecular formula is C26H27F3N4O2. The second-order valence-corrected chi connectivity index (χ2v) is 9.13. The van der Waals surface area contributed by atoms with Gasteiger partial charge >= 0.3 is 6.18 Å². The van der Waals surface area contributed by atoms with Crippen molar-refractivity contribution in [1.82, 2.24) is 14.5 Å². The minimum absolute atomic E-state index is 0.0251. The third kappa shape index (κ3) is 5.90. The fourth-order valence-electron chi connectivity index (χ4n) is 4.31. The summed E-state index contributed by atoms with van der Waals surface area (Å²) in [7, 11) is 0. The number of hydrogen-bond donors (Lipinski definition) is 1. The molecule has 1 aliphatic heterocycles. The molecule has 6 nitrogen and oxygen atoms in total. The fraction of sp³-hybridized carbons (Fsp3) is 0.346. The number of likely N-dealkylation sites (tertiary alicyclic amines) is 1. The van der Waals surface area contributed by atoms with Crippen LogP contribution in [0.5, 0.6) is 0 Å². The van der Waals surface area contributed by atoms with E-state index >= 15 is 0 Å². The number of carbonyl (C=O) groups excluding carboxylic acids is 2. The predicted molar refractivity (Wildman–Crippen MR) is 125 cm³/mol. The van der Waals surface area contributed by atoms with Gasteiger partial charge in [-0.25, -0.2) is 4.98 Å². The Bertz CT molecular complexity index is 1220. The van der Waals surface area contributed by atoms with E-state index in [1.54, 1.807) is 18.3 Å². The Morgan fingerprint density at radius 2 is 1.83 bits per heavy atom. The molecule has 1 fully saturated rings. The molecule has 1 N–H and O–H groups in total. The maximum absolute atomic E-state index is 13.0. The highest BCUT2D eigenvalue weighted by atomic mass is 19.4. The van der Waals surface area contributed by atoms with Crippen LogP contribution in [0.25, 0.3) is 0 Å². The van der Waals surface area contributed by atoms with Crippen LogP contribution in [0.3, 0.4) is 0 Å². The highest BCUT2D eigenvalue weighted by Crippen LogP contribution is 2.30. The number of anilines is 1. The predicted octanol–water partition coefficient (Wildman–Crippen LogP) is 5.06. The van der Waals surface area contributed by atoms with Crippen molar-refractivity contribution in [3.8, 4) is 0 Å². The minimum atomic E-state index is -4.45. The van der Waals surface area contributed by atoms with E-state index in [1.807, 2.05) is 24.4 Å². The molecular weight excluding hydrogens is 457 g/mol. The largest absolute Gasteiger partial charge is 0.416 e. The summed E-state index contributed by atoms with van der Waals surface area (Å²) in [4.78, 5) is 31.2. The summed E-state index contributed by atoms with van der Waals surface area (Å²) in [6.45, 7) is 4.96. The van der Waals surface area contributed by atoms with Crippen LogP contribution in [0.1, 0.15) is 48.7 Å². The van der Waals surface area contributed by atoms with Crippen molar-refractivity contribution in [2.75, 3.05) is 11.9 Å². The van der Waals surface area contributed by atoms with Gasteiger partial charge in [0.25, 0.3) is 0 Å². The summed E-state index contributed by atoms with van der Waals surface area (Å²) in [5, 5.41) is 2.88. The Hall–Kier alpha value is -3.62. The van der Waals surface area contributed by atoms with E-state index in [9.17, 15) is 22.8 Å². The van der Waals surface area contributed by atoms with Gasteiger partial charge in [-0.3, -0.25) is 9.59 Å². The molecule has 0 saturated carbocycles. The lowest BCUT2D eigenvalue weighted by molar-refractivity contribution is -0.137. The van der Waals surface area contributed by atoms with Crippen LogP contribution in [0, 0.1) is 5.92 Å². The molecule has 4 rings (SSSR count). The highest BCUT2D eigenvalue weighted by Gasteiger charge is 2.35. The first-order valence-corrected chi connectivity index (χ1v) is 11.4. The van der Waals surface area contributed by atoms with Crippen molar-refractivity contribution in [1.29, 1.82) is 0 Å². The number of carbonyl (C=O) groups is 2. The summed E-state index contributed by atoms with van der Waals surface area (Å²) < 4.78 is 41.0. The third-order valence-corrected chi connectivity index (χ3v) is 6.02. The number of alkyl halides is 3. The Labute approximate surface area is 201 Å². The number of hydrogen-bond acceptors (Lipinski definition) is 3. The number of nitrogens with zero attached hydrogens (tertiary/aromatic N) is 3. The van der Waals surface area contributed by atoms with Crippen molar-refractivity contribution in [3.05, 3.63) is 83.4 Å². The zero-order valence-electron chi connectivity index (χ0n) is 19.5. The SMILES string of the molecule is CC(C)c1nccn1Cc1cccc(NC(=O)C2CC(=O)N(Cc3cccc(C(F)(F)F)c3)C2)c1. The molecule has 1 unspecified atom stereocenters. The number of aromatic nitrogens is 2. The molecule has 0 radical (unpaired) electrons. The average Bonchev–Trinajstić information content (AvgIpc) is 3.40. The molecule has 2 aromatic carbocycles. The molecule has 9 heteroatoms. The van der Waals surface area contributed by atoms with Gasteiger partial charge in [-0.05, 0) is 35.4 Å². The number of halogens is 3. The lowest BCUT2D eigenvalue weighted by atomic mass is 10.1. The highest BCUT2D eigenvalue weighted by molar-refractivity contribution is 5.97. The van der Waals surface area contributed by atoms with Crippen LogP contribution >= 0.6 is 0 Å². The van der Waals surface area contributed by atoms with Gasteiger partial charge in [0.2, 0.25) is 11.8 Å². The molecule has 1 aromatic heterocycles. The smallest absolute Gasteiger partial charge is 0.338 e. The van der Waals surface area contributed by atoms with E-state index in [-0.39, 0.29) is 37.2 Å². The molecule has 0 bridgehead atoms. The molecule has 0 aliphatic carbocycles. The van der Waals surface area contributed by atoms with Gasteiger partial charge in [0.05, 0.1) is 11.5 Å². The molecule has 2 amide bonds. The monoisotopic (exact) mass is 484 g/mol. The van der Waals surface area contributed by atoms with Crippen molar-refractivity contribution < 1.29 is 22.8 Å². The zero-order valence-corrected chi connectivity index (χ0v) is 19.5. The Kier molecular flexibility index (Phi) is 6.95. The van der Waals surface area contributed by atoms with Crippen molar-refractivity contribution in [3.63, 3.8) is 0 Å². The number of nitrogens with one attached hydrogen (secondary N) is 1. The molecule has 0 spiro atoms. The van der Waals surface area contributed by atoms with Crippen LogP contribution < -0.4 is 5.32 Å². The normalized spacial score (nSPS) is 16.2. The van der Waals surface area contributed by atoms with Gasteiger partial charge in [-0.15, -0.1) is 0 Å². The molecule has 1 saturated heterocycles. The van der Waals surface area contributed by atoms with E-state index in [4.69, 9.17) is 0 Å². The first-order valence-electron chi connectivity index (χ1n) is 11.4. The van der Waals surface area contributed by atoms with E-state index in [2.05, 4.69) is 28.7 Å². The van der Waals surface area contributed by atoms with Crippen LogP contribution in [-0.4, -0.2) is 32.8 Å². The first-order chi connectivity index (χ1) is 16.6. The minimum Gasteiger partial charge on any atom is -0.338 e. The Morgan fingerprint density at radius 3 is 2.54 bits per heavy atom. The fourth-order valence-corrected chi connectivity index (χ4v) is 4.31. The van der Waals surface area contributed by atoms with E-state index in [0.717, 1.165) is 23.5 Å². The number of benzene rings is 2. The van der Waals surface area contributed by atoms with Crippen LogP contribution in [0.4, 0.5) is 18.9 Å². The lowest BCUT2D eigenvalue weighted by Gasteiger charge is -2.18. The van der Waals surface area contributed by atoms with Gasteiger partial charge in [-0.2, -0.15) is 13.2 Å². The van der Waals surface area contributed by atoms with Crippen LogP contribution in [-0.2, 0) is 28.9 Å². The van der Waals surface area contributed by atoms with E-state index in [1.165, 1.54) is 11.0 Å². The van der Waals surface area contributed by atoms with E-state index < -0.39 is 17.7 Å². The number of imidazole rings is 1. The third-order valence-electron chi connectivity index (χ3n) is 6.02. The average molecular weight is 485 g/mol. The molecule has 1 atom stereocenters. The first kappa shape index (κ1) is 24.5. The van der Waals surface area contributed by atoms with Gasteiger partial charge in [-0.1, -0.05) is 38.1 Å². The zero-order chi connectivity index (χ0) is 25.2. The number of amides is 2. The quantitative estimate of drug-likeness (QED) is 0.510. The summed E-state index contributed by atoms with van der Waals surface area (Å²) >= 11 is 0. The maximum Gasteiger partial charge on any atom is 0.416 e. The van der Waals surface area contributed by atoms with Crippen molar-refractivity contribution in [2.45, 2.75) is 45.5 Å². The lowest BCUT2D eigenvalue weighted by Crippen LogP contribution is -2.28. The van der Waals surface area contributed by atoms with Gasteiger partial charge in [0, 0.05) is 50.1 Å². The summed E-state index contributed by atoms with van der Waals surface area (Å²) in [5.74, 6) is 0.153. The molecule has 3 aromatic rings. The second kappa shape index (κ2) is 9.93. The molecule has 35 heavy (non-hydrogen) atoms. The topological polar surface area (TPSA) is 67.2 Å². The van der Waals surface area contributed by atoms with Gasteiger partial charge in [0.1, 0.15) is 5.82 Å². The van der Waals surface area contributed by atoms with Crippen LogP contribution in [0.2, 0.25) is 0 Å². The standard InChI is InChI=1S/C26H27F3N4O2/c1-17(2)24-30-9-10-32(24)14-19-6-4-8-22(12-19)31-25(35)20-13-23(34)33(16-20)15-18-5-3-7-21(11-18)26(27,28)29/h3-12,17,20H,13-16H2,1-2H3,(H,31,35). The van der Waals surface area contributed by atoms with Crippen LogP contribution in [0.15, 0.2) is 60.9 Å².